The predicted octanol–water partition coefficient (Wildman–Crippen LogP) is 5.18. The van der Waals surface area contributed by atoms with Gasteiger partial charge in [-0.1, -0.05) is 25.4 Å². The van der Waals surface area contributed by atoms with E-state index in [2.05, 4.69) is 50.1 Å². The van der Waals surface area contributed by atoms with E-state index in [1.54, 1.807) is 13.2 Å². The lowest BCUT2D eigenvalue weighted by atomic mass is 9.91. The van der Waals surface area contributed by atoms with Crippen molar-refractivity contribution in [1.82, 2.24) is 25.1 Å². The van der Waals surface area contributed by atoms with Crippen LogP contribution in [0.3, 0.4) is 0 Å². The maximum atomic E-state index is 13.1. The molecule has 1 aliphatic rings. The van der Waals surface area contributed by atoms with E-state index < -0.39 is 5.92 Å². The van der Waals surface area contributed by atoms with Crippen molar-refractivity contribution in [1.29, 1.82) is 0 Å². The van der Waals surface area contributed by atoms with E-state index in [0.717, 1.165) is 36.5 Å². The molecule has 3 N–H and O–H groups in total. The van der Waals surface area contributed by atoms with Gasteiger partial charge in [0.1, 0.15) is 17.1 Å². The lowest BCUT2D eigenvalue weighted by molar-refractivity contribution is -0.110. The number of Topliss-reactive ketones (excluding diaryl/α,β-unsaturated/α-hetero) is 1. The van der Waals surface area contributed by atoms with Crippen LogP contribution >= 0.6 is 11.6 Å². The molecule has 10 nitrogen and oxygen atoms in total. The van der Waals surface area contributed by atoms with Gasteiger partial charge in [-0.25, -0.2) is 4.98 Å². The molecule has 0 aliphatic carbocycles. The van der Waals surface area contributed by atoms with Crippen LogP contribution in [0.1, 0.15) is 61.6 Å². The second kappa shape index (κ2) is 12.1. The summed E-state index contributed by atoms with van der Waals surface area (Å²) in [5.41, 5.74) is 3.71. The molecule has 1 aromatic carbocycles. The molecule has 1 aliphatic heterocycles. The predicted molar refractivity (Wildman–Crippen MR) is 153 cm³/mol. The number of hydrogen-bond donors (Lipinski definition) is 3. The highest BCUT2D eigenvalue weighted by Crippen LogP contribution is 2.36. The fourth-order valence-electron chi connectivity index (χ4n) is 4.72. The molecule has 1 fully saturated rings. The van der Waals surface area contributed by atoms with Gasteiger partial charge in [-0.05, 0) is 68.8 Å². The molecule has 2 atom stereocenters. The highest BCUT2D eigenvalue weighted by Gasteiger charge is 2.28. The maximum Gasteiger partial charge on any atom is 0.229 e. The third-order valence-electron chi connectivity index (χ3n) is 6.70. The van der Waals surface area contributed by atoms with Gasteiger partial charge in [0.25, 0.3) is 0 Å². The fraction of sp³-hybridized carbons (Fsp3) is 0.464. The van der Waals surface area contributed by atoms with Crippen LogP contribution in [-0.4, -0.2) is 51.0 Å². The van der Waals surface area contributed by atoms with Gasteiger partial charge in [-0.2, -0.15) is 10.1 Å². The topological polar surface area (TPSA) is 123 Å². The van der Waals surface area contributed by atoms with E-state index >= 15 is 0 Å². The van der Waals surface area contributed by atoms with E-state index in [9.17, 15) is 9.59 Å². The summed E-state index contributed by atoms with van der Waals surface area (Å²) in [6, 6.07) is 4.16. The smallest absolute Gasteiger partial charge is 0.229 e. The number of benzene rings is 1. The molecule has 2 aromatic heterocycles. The number of rotatable bonds is 11. The summed E-state index contributed by atoms with van der Waals surface area (Å²) >= 11 is 6.43. The number of halogens is 1. The van der Waals surface area contributed by atoms with Gasteiger partial charge in [0.05, 0.1) is 29.6 Å². The molecular weight excluding hydrogens is 518 g/mol. The largest absolute Gasteiger partial charge is 0.489 e. The van der Waals surface area contributed by atoms with Crippen LogP contribution in [0.2, 0.25) is 5.02 Å². The molecule has 11 heteroatoms. The number of aromatic nitrogens is 4. The molecule has 1 saturated heterocycles. The number of ketones is 1. The highest BCUT2D eigenvalue weighted by atomic mass is 35.5. The van der Waals surface area contributed by atoms with Crippen molar-refractivity contribution in [2.45, 2.75) is 53.1 Å². The Labute approximate surface area is 233 Å². The average molecular weight is 554 g/mol. The molecule has 39 heavy (non-hydrogen) atoms. The second-order valence-electron chi connectivity index (χ2n) is 10.5. The minimum Gasteiger partial charge on any atom is -0.489 e. The molecule has 2 unspecified atom stereocenters. The molecule has 3 heterocycles. The van der Waals surface area contributed by atoms with E-state index in [-0.39, 0.29) is 28.5 Å². The van der Waals surface area contributed by atoms with Crippen molar-refractivity contribution >= 4 is 46.8 Å². The number of carbonyl (C=O) groups excluding carboxylic acids is 2. The Morgan fingerprint density at radius 1 is 1.23 bits per heavy atom. The molecule has 0 bridgehead atoms. The summed E-state index contributed by atoms with van der Waals surface area (Å²) in [6.45, 7) is 11.7. The Morgan fingerprint density at radius 2 is 2.00 bits per heavy atom. The Morgan fingerprint density at radius 3 is 2.64 bits per heavy atom. The summed E-state index contributed by atoms with van der Waals surface area (Å²) in [4.78, 5) is 33.6. The van der Waals surface area contributed by atoms with Crippen LogP contribution in [0.5, 0.6) is 5.75 Å². The van der Waals surface area contributed by atoms with E-state index in [4.69, 9.17) is 16.3 Å². The minimum atomic E-state index is -0.802. The molecule has 0 amide bonds. The third-order valence-corrected chi connectivity index (χ3v) is 6.98. The molecule has 0 spiro atoms. The van der Waals surface area contributed by atoms with Crippen LogP contribution in [0.15, 0.2) is 24.5 Å². The number of ether oxygens (including phenoxy) is 1. The first-order chi connectivity index (χ1) is 18.6. The number of anilines is 4. The molecule has 0 saturated carbocycles. The van der Waals surface area contributed by atoms with E-state index in [1.807, 2.05) is 27.7 Å². The molecular formula is C28H36ClN7O3. The van der Waals surface area contributed by atoms with Crippen molar-refractivity contribution in [3.8, 4) is 5.75 Å². The Kier molecular flexibility index (Phi) is 8.87. The van der Waals surface area contributed by atoms with Gasteiger partial charge >= 0.3 is 0 Å². The van der Waals surface area contributed by atoms with Crippen molar-refractivity contribution < 1.29 is 14.3 Å². The van der Waals surface area contributed by atoms with Gasteiger partial charge in [0, 0.05) is 19.8 Å². The first kappa shape index (κ1) is 28.5. The van der Waals surface area contributed by atoms with Crippen LogP contribution in [0.4, 0.5) is 23.1 Å². The highest BCUT2D eigenvalue weighted by molar-refractivity contribution is 6.33. The third kappa shape index (κ3) is 6.57. The maximum absolute atomic E-state index is 13.1. The van der Waals surface area contributed by atoms with E-state index in [0.29, 0.717) is 29.7 Å². The summed E-state index contributed by atoms with van der Waals surface area (Å²) in [6.07, 6.45) is 4.86. The quantitative estimate of drug-likeness (QED) is 0.167. The summed E-state index contributed by atoms with van der Waals surface area (Å²) in [5.74, 6) is 0.431. The lowest BCUT2D eigenvalue weighted by Crippen LogP contribution is -2.23. The number of carbonyl (C=O) groups is 2. The van der Waals surface area contributed by atoms with Gasteiger partial charge < -0.3 is 25.5 Å². The second-order valence-corrected chi connectivity index (χ2v) is 10.9. The minimum absolute atomic E-state index is 0.0197. The van der Waals surface area contributed by atoms with Crippen LogP contribution in [-0.2, 0) is 11.8 Å². The zero-order valence-corrected chi connectivity index (χ0v) is 24.0. The SMILES string of the molecule is Cc1cc(Nc2ncc(Cl)c(Nc3cn(C)nc3C(=O)C(C=O)C(C)C)n2)c(OC(C)C)cc1C1CCNC1. The first-order valence-corrected chi connectivity index (χ1v) is 13.6. The molecule has 208 valence electrons. The Bertz CT molecular complexity index is 1350. The van der Waals surface area contributed by atoms with Crippen LogP contribution in [0, 0.1) is 18.8 Å². The Balaban J connectivity index is 1.64. The van der Waals surface area contributed by atoms with Gasteiger partial charge in [-0.3, -0.25) is 9.48 Å². The average Bonchev–Trinajstić information content (AvgIpc) is 3.52. The van der Waals surface area contributed by atoms with Crippen molar-refractivity contribution in [2.24, 2.45) is 18.9 Å². The standard InChI is InChI=1S/C28H36ClN7O3/c1-15(2)20(14-37)26(38)25-23(13-36(6)35-25)32-27-21(29)12-31-28(34-27)33-22-9-17(5)19(18-7-8-30-11-18)10-24(22)39-16(3)4/h9-10,12-16,18,20,30H,7-8,11H2,1-6H3,(H2,31,32,33,34). The van der Waals surface area contributed by atoms with Crippen molar-refractivity contribution in [3.05, 3.63) is 46.4 Å². The zero-order valence-electron chi connectivity index (χ0n) is 23.2. The monoisotopic (exact) mass is 553 g/mol. The molecule has 4 rings (SSSR count). The van der Waals surface area contributed by atoms with Gasteiger partial charge in [0.2, 0.25) is 5.95 Å². The zero-order chi connectivity index (χ0) is 28.3. The number of nitrogens with zero attached hydrogens (tertiary/aromatic N) is 4. The fourth-order valence-corrected chi connectivity index (χ4v) is 4.86. The first-order valence-electron chi connectivity index (χ1n) is 13.2. The Hall–Kier alpha value is -3.50. The van der Waals surface area contributed by atoms with Gasteiger partial charge in [-0.15, -0.1) is 0 Å². The molecule has 3 aromatic rings. The summed E-state index contributed by atoms with van der Waals surface area (Å²) < 4.78 is 7.67. The van der Waals surface area contributed by atoms with Crippen molar-refractivity contribution in [2.75, 3.05) is 23.7 Å². The summed E-state index contributed by atoms with van der Waals surface area (Å²) in [5, 5.41) is 14.4. The number of aryl methyl sites for hydroxylation is 2. The number of nitrogens with one attached hydrogen (secondary N) is 3. The van der Waals surface area contributed by atoms with Crippen LogP contribution < -0.4 is 20.7 Å². The van der Waals surface area contributed by atoms with Crippen LogP contribution in [0.25, 0.3) is 0 Å². The normalized spacial score (nSPS) is 16.0. The van der Waals surface area contributed by atoms with Crippen molar-refractivity contribution in [3.63, 3.8) is 0 Å². The lowest BCUT2D eigenvalue weighted by Gasteiger charge is -2.20. The molecule has 0 radical (unpaired) electrons. The number of hydrogen-bond acceptors (Lipinski definition) is 9. The number of aldehydes is 1. The van der Waals surface area contributed by atoms with Gasteiger partial charge in [0.15, 0.2) is 17.3 Å². The summed E-state index contributed by atoms with van der Waals surface area (Å²) in [7, 11) is 1.70. The van der Waals surface area contributed by atoms with E-state index in [1.165, 1.54) is 16.4 Å².